The van der Waals surface area contributed by atoms with Gasteiger partial charge >= 0.3 is 0 Å². The molecule has 110 valence electrons. The summed E-state index contributed by atoms with van der Waals surface area (Å²) >= 11 is 2.04. The van der Waals surface area contributed by atoms with E-state index in [1.165, 1.54) is 70.8 Å². The topological polar surface area (TPSA) is 21.8 Å². The standard InChI is InChI=1S/C14H28N4S/c1-2-16-8-4-14(12-16)5-9-17(14)10-11-19-18-7-3-6-15-13-18/h15H,2-13H2,1H3/t14-/m1/s1. The predicted molar refractivity (Wildman–Crippen MR) is 82.3 cm³/mol. The number of likely N-dealkylation sites (tertiary alicyclic amines) is 2. The molecule has 0 bridgehead atoms. The van der Waals surface area contributed by atoms with E-state index < -0.39 is 0 Å². The second-order valence-electron chi connectivity index (χ2n) is 6.13. The molecule has 0 radical (unpaired) electrons. The van der Waals surface area contributed by atoms with Gasteiger partial charge in [0.1, 0.15) is 0 Å². The molecule has 4 nitrogen and oxygen atoms in total. The Morgan fingerprint density at radius 2 is 2.11 bits per heavy atom. The number of likely N-dealkylation sites (N-methyl/N-ethyl adjacent to an activating group) is 1. The first-order valence-corrected chi connectivity index (χ1v) is 8.83. The van der Waals surface area contributed by atoms with Crippen LogP contribution in [0.2, 0.25) is 0 Å². The van der Waals surface area contributed by atoms with Gasteiger partial charge in [0.05, 0.1) is 6.67 Å². The molecule has 0 aromatic carbocycles. The lowest BCUT2D eigenvalue weighted by Gasteiger charge is -2.51. The summed E-state index contributed by atoms with van der Waals surface area (Å²) in [5, 5.41) is 3.45. The van der Waals surface area contributed by atoms with Crippen molar-refractivity contribution < 1.29 is 0 Å². The van der Waals surface area contributed by atoms with Crippen molar-refractivity contribution in [2.75, 3.05) is 58.2 Å². The Labute approximate surface area is 122 Å². The molecule has 0 aromatic rings. The van der Waals surface area contributed by atoms with Crippen molar-refractivity contribution in [3.05, 3.63) is 0 Å². The predicted octanol–water partition coefficient (Wildman–Crippen LogP) is 1.06. The molecular weight excluding hydrogens is 256 g/mol. The fourth-order valence-electron chi connectivity index (χ4n) is 3.66. The molecule has 3 saturated heterocycles. The van der Waals surface area contributed by atoms with E-state index in [-0.39, 0.29) is 0 Å². The highest BCUT2D eigenvalue weighted by Crippen LogP contribution is 2.38. The first-order valence-electron chi connectivity index (χ1n) is 7.88. The first-order chi connectivity index (χ1) is 9.32. The third-order valence-electron chi connectivity index (χ3n) is 5.06. The molecule has 0 aromatic heterocycles. The molecule has 0 saturated carbocycles. The van der Waals surface area contributed by atoms with Crippen LogP contribution in [0.3, 0.4) is 0 Å². The van der Waals surface area contributed by atoms with E-state index in [9.17, 15) is 0 Å². The Balaban J connectivity index is 1.38. The Bertz CT molecular complexity index is 295. The molecule has 0 amide bonds. The zero-order chi connectivity index (χ0) is 13.1. The highest BCUT2D eigenvalue weighted by atomic mass is 32.2. The zero-order valence-electron chi connectivity index (χ0n) is 12.2. The highest BCUT2D eigenvalue weighted by Gasteiger charge is 2.48. The molecule has 3 rings (SSSR count). The molecule has 1 N–H and O–H groups in total. The summed E-state index contributed by atoms with van der Waals surface area (Å²) in [5.74, 6) is 1.26. The lowest BCUT2D eigenvalue weighted by Crippen LogP contribution is -2.61. The van der Waals surface area contributed by atoms with Gasteiger partial charge in [0.15, 0.2) is 0 Å². The Morgan fingerprint density at radius 3 is 2.74 bits per heavy atom. The normalized spacial score (nSPS) is 33.9. The van der Waals surface area contributed by atoms with Crippen LogP contribution in [0.15, 0.2) is 0 Å². The van der Waals surface area contributed by atoms with Crippen LogP contribution in [0.25, 0.3) is 0 Å². The molecule has 3 aliphatic heterocycles. The summed E-state index contributed by atoms with van der Waals surface area (Å²) in [7, 11) is 0. The number of hydrogen-bond acceptors (Lipinski definition) is 5. The summed E-state index contributed by atoms with van der Waals surface area (Å²) in [4.78, 5) is 5.38. The molecule has 19 heavy (non-hydrogen) atoms. The second kappa shape index (κ2) is 6.31. The van der Waals surface area contributed by atoms with Crippen LogP contribution in [0.5, 0.6) is 0 Å². The maximum Gasteiger partial charge on any atom is 0.0581 e. The lowest BCUT2D eigenvalue weighted by molar-refractivity contribution is -0.000115. The van der Waals surface area contributed by atoms with E-state index in [4.69, 9.17) is 0 Å². The Hall–Kier alpha value is 0.190. The summed E-state index contributed by atoms with van der Waals surface area (Å²) in [6.07, 6.45) is 4.13. The smallest absolute Gasteiger partial charge is 0.0581 e. The number of hydrogen-bond donors (Lipinski definition) is 1. The molecule has 1 atom stereocenters. The molecule has 0 unspecified atom stereocenters. The SMILES string of the molecule is CCN1CC[C@@]2(CCN2CCSN2CCCNC2)C1. The summed E-state index contributed by atoms with van der Waals surface area (Å²) in [5.41, 5.74) is 0.566. The van der Waals surface area contributed by atoms with Crippen LogP contribution >= 0.6 is 11.9 Å². The van der Waals surface area contributed by atoms with Gasteiger partial charge in [0.25, 0.3) is 0 Å². The van der Waals surface area contributed by atoms with Crippen molar-refractivity contribution in [3.8, 4) is 0 Å². The van der Waals surface area contributed by atoms with Gasteiger partial charge in [0.2, 0.25) is 0 Å². The van der Waals surface area contributed by atoms with Crippen molar-refractivity contribution in [3.63, 3.8) is 0 Å². The van der Waals surface area contributed by atoms with Gasteiger partial charge in [-0.3, -0.25) is 4.90 Å². The molecule has 3 heterocycles. The third kappa shape index (κ3) is 3.10. The number of rotatable bonds is 5. The number of nitrogens with zero attached hydrogens (tertiary/aromatic N) is 3. The van der Waals surface area contributed by atoms with Crippen LogP contribution in [0, 0.1) is 0 Å². The Kier molecular flexibility index (Phi) is 4.70. The minimum atomic E-state index is 0.566. The van der Waals surface area contributed by atoms with Crippen LogP contribution in [-0.2, 0) is 0 Å². The summed E-state index contributed by atoms with van der Waals surface area (Å²) < 4.78 is 2.49. The minimum absolute atomic E-state index is 0.566. The van der Waals surface area contributed by atoms with Crippen molar-refractivity contribution in [1.29, 1.82) is 0 Å². The molecule has 3 fully saturated rings. The van der Waals surface area contributed by atoms with Gasteiger partial charge in [-0.2, -0.15) is 0 Å². The van der Waals surface area contributed by atoms with Gasteiger partial charge in [-0.15, -0.1) is 0 Å². The molecule has 5 heteroatoms. The van der Waals surface area contributed by atoms with Crippen LogP contribution in [0.1, 0.15) is 26.2 Å². The van der Waals surface area contributed by atoms with Crippen LogP contribution in [0.4, 0.5) is 0 Å². The molecular formula is C14H28N4S. The van der Waals surface area contributed by atoms with Crippen molar-refractivity contribution in [2.24, 2.45) is 0 Å². The first kappa shape index (κ1) is 14.1. The van der Waals surface area contributed by atoms with E-state index in [2.05, 4.69) is 26.3 Å². The monoisotopic (exact) mass is 284 g/mol. The average Bonchev–Trinajstić information content (AvgIpc) is 2.90. The quantitative estimate of drug-likeness (QED) is 0.760. The third-order valence-corrected chi connectivity index (χ3v) is 6.10. The second-order valence-corrected chi connectivity index (χ2v) is 7.31. The highest BCUT2D eigenvalue weighted by molar-refractivity contribution is 7.97. The van der Waals surface area contributed by atoms with E-state index >= 15 is 0 Å². The summed E-state index contributed by atoms with van der Waals surface area (Å²) in [6, 6.07) is 0. The van der Waals surface area contributed by atoms with Gasteiger partial charge < -0.3 is 10.2 Å². The Morgan fingerprint density at radius 1 is 1.21 bits per heavy atom. The van der Waals surface area contributed by atoms with Crippen LogP contribution < -0.4 is 5.32 Å². The van der Waals surface area contributed by atoms with Crippen molar-refractivity contribution >= 4 is 11.9 Å². The zero-order valence-corrected chi connectivity index (χ0v) is 13.1. The lowest BCUT2D eigenvalue weighted by atomic mass is 9.84. The minimum Gasteiger partial charge on any atom is -0.304 e. The van der Waals surface area contributed by atoms with Crippen LogP contribution in [-0.4, -0.2) is 77.9 Å². The molecule has 0 aliphatic carbocycles. The van der Waals surface area contributed by atoms with Gasteiger partial charge in [-0.05, 0) is 32.4 Å². The van der Waals surface area contributed by atoms with Gasteiger partial charge in [-0.1, -0.05) is 18.9 Å². The maximum atomic E-state index is 3.45. The number of nitrogens with one attached hydrogen (secondary N) is 1. The van der Waals surface area contributed by atoms with E-state index in [1.807, 2.05) is 11.9 Å². The van der Waals surface area contributed by atoms with E-state index in [0.717, 1.165) is 6.67 Å². The average molecular weight is 284 g/mol. The molecule has 3 aliphatic rings. The fourth-order valence-corrected chi connectivity index (χ4v) is 4.66. The van der Waals surface area contributed by atoms with Crippen molar-refractivity contribution in [1.82, 2.24) is 19.4 Å². The van der Waals surface area contributed by atoms with E-state index in [0.29, 0.717) is 5.54 Å². The van der Waals surface area contributed by atoms with Crippen molar-refractivity contribution in [2.45, 2.75) is 31.7 Å². The maximum absolute atomic E-state index is 3.45. The molecule has 1 spiro atoms. The fraction of sp³-hybridized carbons (Fsp3) is 1.00. The van der Waals surface area contributed by atoms with E-state index in [1.54, 1.807) is 0 Å². The van der Waals surface area contributed by atoms with Gasteiger partial charge in [0, 0.05) is 44.0 Å². The van der Waals surface area contributed by atoms with Gasteiger partial charge in [-0.25, -0.2) is 4.31 Å². The summed E-state index contributed by atoms with van der Waals surface area (Å²) in [6.45, 7) is 12.3. The largest absolute Gasteiger partial charge is 0.304 e.